The average molecular weight is 411 g/mol. The molecule has 6 heteroatoms. The Bertz CT molecular complexity index is 830. The molecule has 3 rings (SSSR count). The summed E-state index contributed by atoms with van der Waals surface area (Å²) in [6.07, 6.45) is 0. The Balaban J connectivity index is 1.41. The fraction of sp³-hybridized carbons (Fsp3) is 0.417. The van der Waals surface area contributed by atoms with Gasteiger partial charge in [0, 0.05) is 11.3 Å². The van der Waals surface area contributed by atoms with Gasteiger partial charge in [0.25, 0.3) is 11.8 Å². The van der Waals surface area contributed by atoms with Crippen molar-refractivity contribution in [3.63, 3.8) is 0 Å². The van der Waals surface area contributed by atoms with Crippen molar-refractivity contribution < 1.29 is 19.4 Å². The highest BCUT2D eigenvalue weighted by Crippen LogP contribution is 2.09. The molecule has 2 aromatic rings. The van der Waals surface area contributed by atoms with E-state index in [0.29, 0.717) is 12.6 Å². The summed E-state index contributed by atoms with van der Waals surface area (Å²) in [4.78, 5) is 29.3. The van der Waals surface area contributed by atoms with E-state index in [1.807, 2.05) is 49.2 Å². The molecule has 2 atom stereocenters. The number of benzene rings is 2. The third kappa shape index (κ3) is 6.15. The molecule has 1 saturated heterocycles. The zero-order valence-electron chi connectivity index (χ0n) is 18.3. The number of likely N-dealkylation sites (N-methyl/N-ethyl adjacent to an activating group) is 1. The van der Waals surface area contributed by atoms with Crippen LogP contribution in [0.1, 0.15) is 24.1 Å². The van der Waals surface area contributed by atoms with Gasteiger partial charge in [-0.3, -0.25) is 9.59 Å². The largest absolute Gasteiger partial charge is 0.327 e. The van der Waals surface area contributed by atoms with E-state index >= 15 is 0 Å². The van der Waals surface area contributed by atoms with Gasteiger partial charge < -0.3 is 20.0 Å². The van der Waals surface area contributed by atoms with Gasteiger partial charge in [-0.05, 0) is 26.0 Å². The summed E-state index contributed by atoms with van der Waals surface area (Å²) in [6.45, 7) is 8.33. The number of carbonyl (C=O) groups excluding carboxylic acids is 2. The highest BCUT2D eigenvalue weighted by atomic mass is 16.2. The van der Waals surface area contributed by atoms with Crippen LogP contribution in [0.15, 0.2) is 54.6 Å². The molecule has 1 aliphatic heterocycles. The summed E-state index contributed by atoms with van der Waals surface area (Å²) >= 11 is 0. The molecule has 160 valence electrons. The van der Waals surface area contributed by atoms with Gasteiger partial charge in [-0.2, -0.15) is 0 Å². The van der Waals surface area contributed by atoms with Crippen LogP contribution < -0.4 is 15.1 Å². The molecule has 6 nitrogen and oxygen atoms in total. The molecular formula is C24H34N4O2+2. The topological polar surface area (TPSA) is 58.3 Å². The Morgan fingerprint density at radius 3 is 2.30 bits per heavy atom. The van der Waals surface area contributed by atoms with Gasteiger partial charge in [0.2, 0.25) is 0 Å². The normalized spacial score (nSPS) is 16.7. The lowest BCUT2D eigenvalue weighted by atomic mass is 10.1. The number of anilines is 1. The maximum Gasteiger partial charge on any atom is 0.279 e. The van der Waals surface area contributed by atoms with Crippen LogP contribution in [0.5, 0.6) is 0 Å². The number of hydrogen-bond acceptors (Lipinski definition) is 2. The van der Waals surface area contributed by atoms with Crippen molar-refractivity contribution in [3.8, 4) is 0 Å². The van der Waals surface area contributed by atoms with Crippen LogP contribution in [-0.2, 0) is 9.59 Å². The van der Waals surface area contributed by atoms with E-state index < -0.39 is 0 Å². The predicted octanol–water partition coefficient (Wildman–Crippen LogP) is -0.0635. The van der Waals surface area contributed by atoms with Crippen molar-refractivity contribution in [2.24, 2.45) is 0 Å². The first-order chi connectivity index (χ1) is 14.4. The molecule has 1 fully saturated rings. The van der Waals surface area contributed by atoms with E-state index in [0.717, 1.165) is 42.3 Å². The number of piperazine rings is 1. The number of quaternary nitrogens is 2. The minimum atomic E-state index is -0.0740. The van der Waals surface area contributed by atoms with Crippen LogP contribution in [0.3, 0.4) is 0 Å². The number of rotatable bonds is 7. The molecule has 2 amide bonds. The number of nitrogens with zero attached hydrogens (tertiary/aromatic N) is 1. The zero-order chi connectivity index (χ0) is 21.5. The van der Waals surface area contributed by atoms with Crippen molar-refractivity contribution in [2.75, 3.05) is 51.6 Å². The molecule has 0 spiro atoms. The molecule has 0 aliphatic carbocycles. The SMILES string of the molecule is Cc1ccc(NC(=O)C[NH+](C)CC(=O)N2CC[NH+]([C@H](C)c3ccccc3)CC2)cc1. The van der Waals surface area contributed by atoms with Crippen molar-refractivity contribution in [1.82, 2.24) is 4.90 Å². The Hall–Kier alpha value is -2.70. The van der Waals surface area contributed by atoms with Crippen LogP contribution in [0.25, 0.3) is 0 Å². The molecular weight excluding hydrogens is 376 g/mol. The fourth-order valence-electron chi connectivity index (χ4n) is 4.00. The second kappa shape index (κ2) is 10.4. The van der Waals surface area contributed by atoms with Crippen LogP contribution in [0.2, 0.25) is 0 Å². The van der Waals surface area contributed by atoms with E-state index in [2.05, 4.69) is 36.5 Å². The van der Waals surface area contributed by atoms with Gasteiger partial charge >= 0.3 is 0 Å². The van der Waals surface area contributed by atoms with E-state index in [1.165, 1.54) is 10.5 Å². The minimum Gasteiger partial charge on any atom is -0.327 e. The minimum absolute atomic E-state index is 0.0740. The number of aryl methyl sites for hydroxylation is 1. The highest BCUT2D eigenvalue weighted by Gasteiger charge is 2.29. The lowest BCUT2D eigenvalue weighted by Crippen LogP contribution is -3.15. The molecule has 2 aromatic carbocycles. The monoisotopic (exact) mass is 410 g/mol. The summed E-state index contributed by atoms with van der Waals surface area (Å²) in [7, 11) is 1.89. The van der Waals surface area contributed by atoms with Gasteiger partial charge in [0.05, 0.1) is 33.2 Å². The number of carbonyl (C=O) groups is 2. The second-order valence-corrected chi connectivity index (χ2v) is 8.40. The average Bonchev–Trinajstić information content (AvgIpc) is 2.75. The summed E-state index contributed by atoms with van der Waals surface area (Å²) in [5.74, 6) is 0.0529. The maximum absolute atomic E-state index is 12.7. The molecule has 0 bridgehead atoms. The number of nitrogens with one attached hydrogen (secondary N) is 3. The highest BCUT2D eigenvalue weighted by molar-refractivity contribution is 5.91. The first kappa shape index (κ1) is 22.0. The van der Waals surface area contributed by atoms with E-state index in [1.54, 1.807) is 0 Å². The van der Waals surface area contributed by atoms with Gasteiger partial charge in [-0.1, -0.05) is 48.0 Å². The van der Waals surface area contributed by atoms with Crippen LogP contribution in [0.4, 0.5) is 5.69 Å². The number of amides is 2. The smallest absolute Gasteiger partial charge is 0.279 e. The van der Waals surface area contributed by atoms with Crippen LogP contribution in [0, 0.1) is 6.92 Å². The van der Waals surface area contributed by atoms with Gasteiger partial charge in [-0.25, -0.2) is 0 Å². The van der Waals surface area contributed by atoms with Crippen molar-refractivity contribution in [1.29, 1.82) is 0 Å². The van der Waals surface area contributed by atoms with Gasteiger partial charge in [0.1, 0.15) is 6.04 Å². The predicted molar refractivity (Wildman–Crippen MR) is 119 cm³/mol. The van der Waals surface area contributed by atoms with E-state index in [9.17, 15) is 9.59 Å². The second-order valence-electron chi connectivity index (χ2n) is 8.40. The summed E-state index contributed by atoms with van der Waals surface area (Å²) < 4.78 is 0. The summed E-state index contributed by atoms with van der Waals surface area (Å²) in [5, 5.41) is 2.90. The maximum atomic E-state index is 12.7. The lowest BCUT2D eigenvalue weighted by molar-refractivity contribution is -0.933. The lowest BCUT2D eigenvalue weighted by Gasteiger charge is -2.35. The Morgan fingerprint density at radius 2 is 1.67 bits per heavy atom. The third-order valence-corrected chi connectivity index (χ3v) is 5.92. The first-order valence-electron chi connectivity index (χ1n) is 10.8. The summed E-state index contributed by atoms with van der Waals surface area (Å²) in [6, 6.07) is 18.7. The molecule has 3 N–H and O–H groups in total. The van der Waals surface area contributed by atoms with Crippen LogP contribution >= 0.6 is 0 Å². The van der Waals surface area contributed by atoms with Crippen LogP contribution in [-0.4, -0.2) is 63.0 Å². The van der Waals surface area contributed by atoms with E-state index in [-0.39, 0.29) is 18.4 Å². The molecule has 1 aliphatic rings. The van der Waals surface area contributed by atoms with Gasteiger partial charge in [0.15, 0.2) is 13.1 Å². The molecule has 1 heterocycles. The zero-order valence-corrected chi connectivity index (χ0v) is 18.3. The van der Waals surface area contributed by atoms with Gasteiger partial charge in [-0.15, -0.1) is 0 Å². The van der Waals surface area contributed by atoms with Crippen molar-refractivity contribution in [2.45, 2.75) is 19.9 Å². The quantitative estimate of drug-likeness (QED) is 0.599. The molecule has 30 heavy (non-hydrogen) atoms. The molecule has 0 aromatic heterocycles. The standard InChI is InChI=1S/C24H32N4O2/c1-19-9-11-22(12-10-19)25-23(29)17-26(3)18-24(30)28-15-13-27(14-16-28)20(2)21-7-5-4-6-8-21/h4-12,20H,13-18H2,1-3H3,(H,25,29)/p+2/t20-/m1/s1. The molecule has 0 saturated carbocycles. The fourth-order valence-corrected chi connectivity index (χ4v) is 4.00. The Kier molecular flexibility index (Phi) is 7.60. The summed E-state index contributed by atoms with van der Waals surface area (Å²) in [5.41, 5.74) is 3.29. The van der Waals surface area contributed by atoms with Crippen molar-refractivity contribution >= 4 is 17.5 Å². The third-order valence-electron chi connectivity index (χ3n) is 5.92. The molecule has 1 unspecified atom stereocenters. The molecule has 0 radical (unpaired) electrons. The Morgan fingerprint density at radius 1 is 1.03 bits per heavy atom. The Labute approximate surface area is 179 Å². The van der Waals surface area contributed by atoms with Crippen molar-refractivity contribution in [3.05, 3.63) is 65.7 Å². The van der Waals surface area contributed by atoms with E-state index in [4.69, 9.17) is 0 Å². The first-order valence-corrected chi connectivity index (χ1v) is 10.8. The number of hydrogen-bond donors (Lipinski definition) is 3.